The van der Waals surface area contributed by atoms with Gasteiger partial charge in [0.15, 0.2) is 0 Å². The Balaban J connectivity index is 0. The summed E-state index contributed by atoms with van der Waals surface area (Å²) in [4.78, 5) is 25.1. The van der Waals surface area contributed by atoms with E-state index in [9.17, 15) is 9.59 Å². The Hall–Kier alpha value is -2.08. The quantitative estimate of drug-likeness (QED) is 0.192. The van der Waals surface area contributed by atoms with Gasteiger partial charge in [0.05, 0.1) is 6.17 Å². The van der Waals surface area contributed by atoms with Crippen molar-refractivity contribution in [2.75, 3.05) is 13.1 Å². The van der Waals surface area contributed by atoms with Gasteiger partial charge in [-0.05, 0) is 59.4 Å². The number of nitrogens with zero attached hydrogens (tertiary/aromatic N) is 1. The second-order valence-corrected chi connectivity index (χ2v) is 9.27. The molecule has 0 spiro atoms. The summed E-state index contributed by atoms with van der Waals surface area (Å²) >= 11 is 0. The molecule has 198 valence electrons. The lowest BCUT2D eigenvalue weighted by Gasteiger charge is -2.36. The topological polar surface area (TPSA) is 70.7 Å². The number of benzene rings is 1. The number of nitrogens with one attached hydrogen (secondary N) is 2. The average molecular weight is 480 g/mol. The van der Waals surface area contributed by atoms with Crippen LogP contribution in [0, 0.1) is 12.8 Å². The Labute approximate surface area is 210 Å². The minimum atomic E-state index is -0.440. The first-order valence-corrected chi connectivity index (χ1v) is 13.0. The fourth-order valence-electron chi connectivity index (χ4n) is 3.12. The minimum absolute atomic E-state index is 0.00465. The minimum Gasteiger partial charge on any atom is -0.444 e. The molecule has 0 heterocycles. The van der Waals surface area contributed by atoms with Gasteiger partial charge in [0.2, 0.25) is 6.41 Å². The third-order valence-electron chi connectivity index (χ3n) is 5.43. The molecule has 0 fully saturated rings. The third-order valence-corrected chi connectivity index (χ3v) is 5.43. The van der Waals surface area contributed by atoms with Crippen LogP contribution in [0.1, 0.15) is 93.6 Å². The molecule has 2 atom stereocenters. The predicted octanol–water partition coefficient (Wildman–Crippen LogP) is 6.53. The van der Waals surface area contributed by atoms with Gasteiger partial charge in [0, 0.05) is 12.6 Å². The van der Waals surface area contributed by atoms with Gasteiger partial charge in [0.1, 0.15) is 5.60 Å². The molecular weight excluding hydrogens is 426 g/mol. The van der Waals surface area contributed by atoms with Crippen LogP contribution < -0.4 is 10.6 Å². The summed E-state index contributed by atoms with van der Waals surface area (Å²) in [5.74, 6) is 0.313. The number of hydrogen-bond donors (Lipinski definition) is 2. The summed E-state index contributed by atoms with van der Waals surface area (Å²) in [6.07, 6.45) is 4.17. The maximum absolute atomic E-state index is 11.7. The Morgan fingerprint density at radius 1 is 1.09 bits per heavy atom. The second-order valence-electron chi connectivity index (χ2n) is 9.27. The van der Waals surface area contributed by atoms with Crippen molar-refractivity contribution in [1.29, 1.82) is 0 Å². The fourth-order valence-corrected chi connectivity index (χ4v) is 3.12. The zero-order valence-electron chi connectivity index (χ0n) is 23.6. The number of aryl methyl sites for hydroxylation is 1. The van der Waals surface area contributed by atoms with E-state index in [4.69, 9.17) is 4.74 Å². The van der Waals surface area contributed by atoms with E-state index in [-0.39, 0.29) is 18.3 Å². The van der Waals surface area contributed by atoms with Crippen molar-refractivity contribution in [3.05, 3.63) is 35.9 Å². The van der Waals surface area contributed by atoms with E-state index in [0.29, 0.717) is 12.5 Å². The van der Waals surface area contributed by atoms with Crippen LogP contribution in [0.15, 0.2) is 30.3 Å². The van der Waals surface area contributed by atoms with E-state index in [1.165, 1.54) is 5.56 Å². The van der Waals surface area contributed by atoms with Crippen LogP contribution in [0.2, 0.25) is 0 Å². The monoisotopic (exact) mass is 479 g/mol. The van der Waals surface area contributed by atoms with Crippen molar-refractivity contribution in [1.82, 2.24) is 15.5 Å². The molecule has 0 aliphatic heterocycles. The molecule has 0 aliphatic carbocycles. The van der Waals surface area contributed by atoms with E-state index in [1.54, 1.807) is 0 Å². The van der Waals surface area contributed by atoms with Gasteiger partial charge in [-0.2, -0.15) is 0 Å². The number of alkyl carbamates (subject to hydrolysis) is 1. The molecule has 1 rings (SSSR count). The number of amides is 2. The van der Waals surface area contributed by atoms with Crippen molar-refractivity contribution >= 4 is 12.5 Å². The zero-order chi connectivity index (χ0) is 26.6. The molecule has 2 unspecified atom stereocenters. The molecule has 0 aromatic heterocycles. The van der Waals surface area contributed by atoms with Crippen molar-refractivity contribution < 1.29 is 14.3 Å². The first-order chi connectivity index (χ1) is 16.1. The van der Waals surface area contributed by atoms with Gasteiger partial charge in [-0.1, -0.05) is 83.9 Å². The molecule has 34 heavy (non-hydrogen) atoms. The maximum atomic E-state index is 11.7. The third kappa shape index (κ3) is 16.5. The number of ether oxygens (including phenoxy) is 1. The van der Waals surface area contributed by atoms with E-state index < -0.39 is 5.60 Å². The maximum Gasteiger partial charge on any atom is 0.407 e. The lowest BCUT2D eigenvalue weighted by molar-refractivity contribution is -0.124. The normalized spacial score (nSPS) is 12.3. The lowest BCUT2D eigenvalue weighted by Crippen LogP contribution is -2.52. The standard InChI is InChI=1S/C19H39N3O3.C7H8.C2H6/c1-8-11-16(5)22(14-23)17(15(3)4)20-12-10-13-21-18(24)25-19(6,7)9-2;1-7-5-3-2-4-6-7;1-2/h14-17,20H,8-13H2,1-7H3,(H,21,24);2-6H,1H3;1-2H3. The van der Waals surface area contributed by atoms with Crippen LogP contribution >= 0.6 is 0 Å². The Bertz CT molecular complexity index is 621. The number of carbonyl (C=O) groups is 2. The molecule has 2 amide bonds. The second kappa shape index (κ2) is 20.3. The smallest absolute Gasteiger partial charge is 0.407 e. The van der Waals surface area contributed by atoms with Crippen LogP contribution in [0.25, 0.3) is 0 Å². The molecule has 0 aliphatic rings. The molecule has 2 N–H and O–H groups in total. The van der Waals surface area contributed by atoms with E-state index >= 15 is 0 Å². The van der Waals surface area contributed by atoms with Gasteiger partial charge >= 0.3 is 6.09 Å². The molecule has 0 saturated heterocycles. The lowest BCUT2D eigenvalue weighted by atomic mass is 10.1. The highest BCUT2D eigenvalue weighted by Gasteiger charge is 2.24. The predicted molar refractivity (Wildman–Crippen MR) is 145 cm³/mol. The summed E-state index contributed by atoms with van der Waals surface area (Å²) in [5, 5.41) is 6.22. The van der Waals surface area contributed by atoms with Crippen molar-refractivity contribution in [3.8, 4) is 0 Å². The summed E-state index contributed by atoms with van der Waals surface area (Å²) in [5.41, 5.74) is 0.882. The molecule has 1 aromatic carbocycles. The molecule has 0 bridgehead atoms. The Morgan fingerprint density at radius 3 is 2.09 bits per heavy atom. The summed E-state index contributed by atoms with van der Waals surface area (Å²) < 4.78 is 5.34. The van der Waals surface area contributed by atoms with E-state index in [1.807, 2.05) is 57.7 Å². The van der Waals surface area contributed by atoms with Crippen LogP contribution in [-0.4, -0.2) is 48.3 Å². The highest BCUT2D eigenvalue weighted by Crippen LogP contribution is 2.14. The van der Waals surface area contributed by atoms with Gasteiger partial charge in [-0.3, -0.25) is 10.1 Å². The SMILES string of the molecule is CC.CCCC(C)N(C=O)C(NCCCNC(=O)OC(C)(C)CC)C(C)C.Cc1ccccc1. The average Bonchev–Trinajstić information content (AvgIpc) is 2.80. The van der Waals surface area contributed by atoms with E-state index in [2.05, 4.69) is 57.4 Å². The van der Waals surface area contributed by atoms with Crippen LogP contribution in [0.4, 0.5) is 4.79 Å². The van der Waals surface area contributed by atoms with Crippen molar-refractivity contribution in [3.63, 3.8) is 0 Å². The van der Waals surface area contributed by atoms with Gasteiger partial charge in [-0.15, -0.1) is 0 Å². The summed E-state index contributed by atoms with van der Waals surface area (Å²) in [6.45, 7) is 21.6. The molecule has 6 nitrogen and oxygen atoms in total. The number of carbonyl (C=O) groups excluding carboxylic acids is 2. The van der Waals surface area contributed by atoms with Crippen molar-refractivity contribution in [2.45, 2.75) is 113 Å². The highest BCUT2D eigenvalue weighted by molar-refractivity contribution is 5.67. The summed E-state index contributed by atoms with van der Waals surface area (Å²) in [7, 11) is 0. The number of rotatable bonds is 13. The molecule has 1 aromatic rings. The zero-order valence-corrected chi connectivity index (χ0v) is 23.6. The van der Waals surface area contributed by atoms with Gasteiger partial charge in [0.25, 0.3) is 0 Å². The van der Waals surface area contributed by atoms with Gasteiger partial charge < -0.3 is 15.0 Å². The van der Waals surface area contributed by atoms with Crippen LogP contribution in [0.5, 0.6) is 0 Å². The van der Waals surface area contributed by atoms with Crippen LogP contribution in [-0.2, 0) is 9.53 Å². The molecule has 6 heteroatoms. The Kier molecular flexibility index (Phi) is 20.4. The molecule has 0 radical (unpaired) electrons. The Morgan fingerprint density at radius 2 is 1.68 bits per heavy atom. The molecule has 0 saturated carbocycles. The van der Waals surface area contributed by atoms with Crippen molar-refractivity contribution in [2.24, 2.45) is 5.92 Å². The first kappa shape index (κ1) is 34.1. The van der Waals surface area contributed by atoms with Crippen LogP contribution in [0.3, 0.4) is 0 Å². The summed E-state index contributed by atoms with van der Waals surface area (Å²) in [6, 6.07) is 10.5. The van der Waals surface area contributed by atoms with E-state index in [0.717, 1.165) is 38.6 Å². The van der Waals surface area contributed by atoms with Gasteiger partial charge in [-0.25, -0.2) is 4.79 Å². The highest BCUT2D eigenvalue weighted by atomic mass is 16.6. The number of hydrogen-bond acceptors (Lipinski definition) is 4. The largest absolute Gasteiger partial charge is 0.444 e. The first-order valence-electron chi connectivity index (χ1n) is 13.0. The molecular formula is C28H53N3O3. The fraction of sp³-hybridized carbons (Fsp3) is 0.714.